The second-order valence-corrected chi connectivity index (χ2v) is 10.7. The second kappa shape index (κ2) is 9.63. The first kappa shape index (κ1) is 23.1. The van der Waals surface area contributed by atoms with Crippen LogP contribution in [-0.4, -0.2) is 68.2 Å². The maximum absolute atomic E-state index is 13.5. The lowest BCUT2D eigenvalue weighted by atomic mass is 10.00. The molecule has 2 saturated heterocycles. The SMILES string of the molecule is CN1CCN(N2C(=O)C(=Cc3cn(-c4ccccc4)nc3-c3cccc4ccccc34)SC2=S)CC1. The zero-order chi connectivity index (χ0) is 24.6. The number of fused-ring (bicyclic) bond motifs is 1. The Balaban J connectivity index is 1.44. The molecular weight excluding hydrogens is 486 g/mol. The number of thioether (sulfide) groups is 1. The Hall–Kier alpha value is -3.30. The molecule has 1 amide bonds. The molecule has 0 N–H and O–H groups in total. The molecule has 6 nitrogen and oxygen atoms in total. The molecule has 0 bridgehead atoms. The van der Waals surface area contributed by atoms with E-state index in [1.54, 1.807) is 5.01 Å². The fraction of sp³-hybridized carbons (Fsp3) is 0.179. The molecule has 3 heterocycles. The van der Waals surface area contributed by atoms with Crippen LogP contribution in [0.5, 0.6) is 0 Å². The van der Waals surface area contributed by atoms with Gasteiger partial charge in [-0.05, 0) is 36.0 Å². The molecule has 0 atom stereocenters. The number of likely N-dealkylation sites (N-methyl/N-ethyl adjacent to an activating group) is 1. The van der Waals surface area contributed by atoms with Crippen molar-refractivity contribution in [1.82, 2.24) is 24.7 Å². The van der Waals surface area contributed by atoms with Crippen molar-refractivity contribution >= 4 is 51.1 Å². The van der Waals surface area contributed by atoms with Gasteiger partial charge in [-0.15, -0.1) is 0 Å². The zero-order valence-corrected chi connectivity index (χ0v) is 21.5. The van der Waals surface area contributed by atoms with Crippen LogP contribution < -0.4 is 0 Å². The van der Waals surface area contributed by atoms with E-state index in [0.29, 0.717) is 9.23 Å². The maximum atomic E-state index is 13.5. The predicted molar refractivity (Wildman–Crippen MR) is 151 cm³/mol. The summed E-state index contributed by atoms with van der Waals surface area (Å²) in [5.74, 6) is -0.0640. The van der Waals surface area contributed by atoms with Gasteiger partial charge in [0.05, 0.1) is 10.6 Å². The second-order valence-electron chi connectivity index (χ2n) is 8.99. The van der Waals surface area contributed by atoms with Crippen molar-refractivity contribution in [2.24, 2.45) is 0 Å². The van der Waals surface area contributed by atoms with E-state index in [-0.39, 0.29) is 5.91 Å². The number of aromatic nitrogens is 2. The van der Waals surface area contributed by atoms with Crippen molar-refractivity contribution in [2.45, 2.75) is 0 Å². The number of hydrazine groups is 1. The molecule has 2 aliphatic rings. The number of nitrogens with zero attached hydrogens (tertiary/aromatic N) is 5. The van der Waals surface area contributed by atoms with Gasteiger partial charge in [0.1, 0.15) is 5.69 Å². The lowest BCUT2D eigenvalue weighted by molar-refractivity contribution is -0.135. The number of carbonyl (C=O) groups excluding carboxylic acids is 1. The Labute approximate surface area is 219 Å². The van der Waals surface area contributed by atoms with Crippen LogP contribution in [0.4, 0.5) is 0 Å². The molecule has 0 saturated carbocycles. The van der Waals surface area contributed by atoms with Crippen molar-refractivity contribution in [3.05, 3.63) is 89.5 Å². The maximum Gasteiger partial charge on any atom is 0.280 e. The van der Waals surface area contributed by atoms with Crippen LogP contribution in [0.3, 0.4) is 0 Å². The molecule has 0 aliphatic carbocycles. The van der Waals surface area contributed by atoms with Gasteiger partial charge in [-0.3, -0.25) is 4.79 Å². The number of hydrogen-bond acceptors (Lipinski definition) is 6. The summed E-state index contributed by atoms with van der Waals surface area (Å²) in [6.45, 7) is 3.38. The number of para-hydroxylation sites is 1. The van der Waals surface area contributed by atoms with E-state index in [1.807, 2.05) is 59.4 Å². The van der Waals surface area contributed by atoms with E-state index >= 15 is 0 Å². The first-order valence-electron chi connectivity index (χ1n) is 11.9. The van der Waals surface area contributed by atoms with Crippen molar-refractivity contribution in [3.8, 4) is 16.9 Å². The minimum atomic E-state index is -0.0640. The third-order valence-electron chi connectivity index (χ3n) is 6.63. The summed E-state index contributed by atoms with van der Waals surface area (Å²) in [4.78, 5) is 16.4. The monoisotopic (exact) mass is 511 g/mol. The molecule has 3 aromatic carbocycles. The van der Waals surface area contributed by atoms with Crippen LogP contribution in [0.1, 0.15) is 5.56 Å². The van der Waals surface area contributed by atoms with Crippen LogP contribution in [0.2, 0.25) is 0 Å². The van der Waals surface area contributed by atoms with E-state index in [4.69, 9.17) is 17.3 Å². The molecular formula is C28H25N5OS2. The fourth-order valence-corrected chi connectivity index (χ4v) is 5.99. The van der Waals surface area contributed by atoms with E-state index < -0.39 is 0 Å². The van der Waals surface area contributed by atoms with Gasteiger partial charge in [-0.2, -0.15) is 5.10 Å². The zero-order valence-electron chi connectivity index (χ0n) is 19.9. The number of benzene rings is 3. The van der Waals surface area contributed by atoms with Crippen LogP contribution in [0.15, 0.2) is 83.9 Å². The number of piperazine rings is 1. The first-order valence-corrected chi connectivity index (χ1v) is 13.2. The Bertz CT molecular complexity index is 1480. The van der Waals surface area contributed by atoms with Crippen molar-refractivity contribution in [2.75, 3.05) is 33.2 Å². The number of hydrogen-bond donors (Lipinski definition) is 0. The summed E-state index contributed by atoms with van der Waals surface area (Å²) in [5, 5.41) is 11.0. The fourth-order valence-electron chi connectivity index (χ4n) is 4.69. The van der Waals surface area contributed by atoms with Crippen LogP contribution in [-0.2, 0) is 4.79 Å². The molecule has 8 heteroatoms. The quantitative estimate of drug-likeness (QED) is 0.282. The Morgan fingerprint density at radius 2 is 1.64 bits per heavy atom. The Kier molecular flexibility index (Phi) is 6.18. The normalized spacial score (nSPS) is 18.6. The van der Waals surface area contributed by atoms with Gasteiger partial charge in [0, 0.05) is 43.5 Å². The van der Waals surface area contributed by atoms with Gasteiger partial charge >= 0.3 is 0 Å². The summed E-state index contributed by atoms with van der Waals surface area (Å²) < 4.78 is 2.46. The molecule has 2 fully saturated rings. The first-order chi connectivity index (χ1) is 17.6. The molecule has 180 valence electrons. The molecule has 4 aromatic rings. The van der Waals surface area contributed by atoms with Crippen molar-refractivity contribution in [1.29, 1.82) is 0 Å². The molecule has 0 unspecified atom stereocenters. The Morgan fingerprint density at radius 3 is 2.44 bits per heavy atom. The van der Waals surface area contributed by atoms with Crippen LogP contribution in [0.25, 0.3) is 33.8 Å². The summed E-state index contributed by atoms with van der Waals surface area (Å²) in [7, 11) is 2.10. The molecule has 6 rings (SSSR count). The third kappa shape index (κ3) is 4.26. The van der Waals surface area contributed by atoms with Gasteiger partial charge < -0.3 is 4.90 Å². The highest BCUT2D eigenvalue weighted by Crippen LogP contribution is 2.37. The molecule has 36 heavy (non-hydrogen) atoms. The smallest absolute Gasteiger partial charge is 0.280 e. The molecule has 1 aromatic heterocycles. The van der Waals surface area contributed by atoms with Crippen LogP contribution in [0, 0.1) is 0 Å². The Morgan fingerprint density at radius 1 is 0.917 bits per heavy atom. The number of thiocarbonyl (C=S) groups is 1. The molecule has 0 spiro atoms. The topological polar surface area (TPSA) is 44.6 Å². The van der Waals surface area contributed by atoms with E-state index in [2.05, 4.69) is 47.3 Å². The number of carbonyl (C=O) groups is 1. The minimum Gasteiger partial charge on any atom is -0.304 e. The lowest BCUT2D eigenvalue weighted by Gasteiger charge is -2.37. The van der Waals surface area contributed by atoms with E-state index in [1.165, 1.54) is 11.8 Å². The highest BCUT2D eigenvalue weighted by molar-refractivity contribution is 8.26. The van der Waals surface area contributed by atoms with Gasteiger partial charge in [0.25, 0.3) is 5.91 Å². The van der Waals surface area contributed by atoms with Gasteiger partial charge in [0.15, 0.2) is 4.32 Å². The standard InChI is InChI=1S/C28H25N5OS2/c1-30-14-16-31(17-15-30)33-27(34)25(36-28(33)35)18-21-19-32(22-10-3-2-4-11-22)29-26(21)24-13-7-9-20-8-5-6-12-23(20)24/h2-13,18-19H,14-17H2,1H3. The van der Waals surface area contributed by atoms with E-state index in [0.717, 1.165) is 59.5 Å². The summed E-state index contributed by atoms with van der Waals surface area (Å²) in [5.41, 5.74) is 3.71. The molecule has 2 aliphatic heterocycles. The summed E-state index contributed by atoms with van der Waals surface area (Å²) in [6.07, 6.45) is 3.94. The van der Waals surface area contributed by atoms with Gasteiger partial charge in [-0.25, -0.2) is 14.7 Å². The third-order valence-corrected chi connectivity index (χ3v) is 7.91. The van der Waals surface area contributed by atoms with Gasteiger partial charge in [-0.1, -0.05) is 84.6 Å². The van der Waals surface area contributed by atoms with Crippen molar-refractivity contribution in [3.63, 3.8) is 0 Å². The average Bonchev–Trinajstić information content (AvgIpc) is 3.45. The largest absolute Gasteiger partial charge is 0.304 e. The summed E-state index contributed by atoms with van der Waals surface area (Å²) >= 11 is 7.00. The lowest BCUT2D eigenvalue weighted by Crippen LogP contribution is -2.54. The minimum absolute atomic E-state index is 0.0640. The predicted octanol–water partition coefficient (Wildman–Crippen LogP) is 5.06. The van der Waals surface area contributed by atoms with Crippen LogP contribution >= 0.6 is 24.0 Å². The van der Waals surface area contributed by atoms with Gasteiger partial charge in [0.2, 0.25) is 0 Å². The number of rotatable bonds is 4. The average molecular weight is 512 g/mol. The number of amides is 1. The summed E-state index contributed by atoms with van der Waals surface area (Å²) in [6, 6.07) is 24.6. The molecule has 0 radical (unpaired) electrons. The highest BCUT2D eigenvalue weighted by atomic mass is 32.2. The highest BCUT2D eigenvalue weighted by Gasteiger charge is 2.37. The van der Waals surface area contributed by atoms with Crippen molar-refractivity contribution < 1.29 is 4.79 Å². The van der Waals surface area contributed by atoms with E-state index in [9.17, 15) is 4.79 Å².